The zero-order valence-corrected chi connectivity index (χ0v) is 42.0. The number of hydrogen-bond donors (Lipinski definition) is 9. The number of esters is 2. The zero-order valence-electron chi connectivity index (χ0n) is 41.1. The number of rotatable bonds is 40. The van der Waals surface area contributed by atoms with E-state index in [1.807, 2.05) is 0 Å². The molecular formula is C49H91O18P. The Morgan fingerprint density at radius 3 is 1.47 bits per heavy atom. The topological polar surface area (TPSA) is 289 Å². The lowest BCUT2D eigenvalue weighted by atomic mass is 9.84. The van der Waals surface area contributed by atoms with Crippen LogP contribution in [0, 0.1) is 0 Å². The van der Waals surface area contributed by atoms with Gasteiger partial charge in [0.15, 0.2) is 12.4 Å². The van der Waals surface area contributed by atoms with Crippen molar-refractivity contribution in [3.63, 3.8) is 0 Å². The molecule has 2 fully saturated rings. The zero-order chi connectivity index (χ0) is 50.2. The molecule has 1 aliphatic carbocycles. The van der Waals surface area contributed by atoms with Crippen molar-refractivity contribution in [2.45, 2.75) is 267 Å². The standard InChI is InChI=1S/C49H91O18P/c1-3-5-7-9-11-13-15-17-18-20-21-23-25-27-29-31-38(51)62-34-36(64-39(52)32-30-28-26-24-22-19-16-14-12-10-8-6-4-2)35-63-68(60,61)67-48-45(58)43(56)42(55)44(57)47(48)66-49-46(59)41(54)40(53)37(33-50)65-49/h13,15,36-37,40-50,53-59H,3-12,14,16-35H2,1-2H3,(H,60,61)/b15-13-. The van der Waals surface area contributed by atoms with Gasteiger partial charge >= 0.3 is 19.8 Å². The molecule has 400 valence electrons. The van der Waals surface area contributed by atoms with E-state index in [0.29, 0.717) is 12.8 Å². The first-order chi connectivity index (χ1) is 32.7. The molecule has 9 N–H and O–H groups in total. The monoisotopic (exact) mass is 999 g/mol. The number of carbonyl (C=O) groups is 2. The van der Waals surface area contributed by atoms with Gasteiger partial charge in [-0.2, -0.15) is 0 Å². The molecule has 0 bridgehead atoms. The van der Waals surface area contributed by atoms with Gasteiger partial charge in [-0.15, -0.1) is 0 Å². The minimum Gasteiger partial charge on any atom is -0.462 e. The van der Waals surface area contributed by atoms with Crippen molar-refractivity contribution in [3.05, 3.63) is 12.2 Å². The second-order valence-electron chi connectivity index (χ2n) is 18.7. The third-order valence-corrected chi connectivity index (χ3v) is 13.7. The van der Waals surface area contributed by atoms with Crippen molar-refractivity contribution in [2.24, 2.45) is 0 Å². The van der Waals surface area contributed by atoms with Crippen molar-refractivity contribution in [1.29, 1.82) is 0 Å². The van der Waals surface area contributed by atoms with Crippen LogP contribution in [0.1, 0.15) is 194 Å². The summed E-state index contributed by atoms with van der Waals surface area (Å²) in [6, 6.07) is 0. The van der Waals surface area contributed by atoms with Gasteiger partial charge in [0.25, 0.3) is 0 Å². The lowest BCUT2D eigenvalue weighted by molar-refractivity contribution is -0.338. The molecule has 68 heavy (non-hydrogen) atoms. The van der Waals surface area contributed by atoms with Gasteiger partial charge in [-0.1, -0.05) is 154 Å². The Kier molecular flexibility index (Phi) is 34.2. The molecular weight excluding hydrogens is 907 g/mol. The Morgan fingerprint density at radius 2 is 0.971 bits per heavy atom. The van der Waals surface area contributed by atoms with E-state index in [-0.39, 0.29) is 12.8 Å². The van der Waals surface area contributed by atoms with Crippen LogP contribution in [0.5, 0.6) is 0 Å². The van der Waals surface area contributed by atoms with Crippen molar-refractivity contribution >= 4 is 19.8 Å². The fourth-order valence-corrected chi connectivity index (χ4v) is 9.37. The molecule has 1 heterocycles. The summed E-state index contributed by atoms with van der Waals surface area (Å²) in [5.41, 5.74) is 0. The second-order valence-corrected chi connectivity index (χ2v) is 20.1. The highest BCUT2D eigenvalue weighted by atomic mass is 31.2. The van der Waals surface area contributed by atoms with Gasteiger partial charge in [-0.05, 0) is 38.5 Å². The first-order valence-electron chi connectivity index (χ1n) is 26.0. The smallest absolute Gasteiger partial charge is 0.462 e. The molecule has 19 heteroatoms. The Hall–Kier alpha value is -1.61. The number of aliphatic hydroxyl groups excluding tert-OH is 8. The summed E-state index contributed by atoms with van der Waals surface area (Å²) in [7, 11) is -5.37. The molecule has 0 aromatic carbocycles. The van der Waals surface area contributed by atoms with Crippen LogP contribution in [0.15, 0.2) is 12.2 Å². The van der Waals surface area contributed by atoms with E-state index in [0.717, 1.165) is 77.0 Å². The van der Waals surface area contributed by atoms with Gasteiger partial charge in [-0.3, -0.25) is 18.6 Å². The summed E-state index contributed by atoms with van der Waals surface area (Å²) in [6.45, 7) is 2.22. The van der Waals surface area contributed by atoms with E-state index >= 15 is 0 Å². The molecule has 1 saturated heterocycles. The Labute approximate surface area is 405 Å². The summed E-state index contributed by atoms with van der Waals surface area (Å²) in [4.78, 5) is 36.5. The van der Waals surface area contributed by atoms with E-state index < -0.39 is 113 Å². The third-order valence-electron chi connectivity index (χ3n) is 12.7. The predicted molar refractivity (Wildman–Crippen MR) is 254 cm³/mol. The van der Waals surface area contributed by atoms with Crippen molar-refractivity contribution < 1.29 is 87.9 Å². The highest BCUT2D eigenvalue weighted by molar-refractivity contribution is 7.47. The number of ether oxygens (including phenoxy) is 4. The lowest BCUT2D eigenvalue weighted by Crippen LogP contribution is -2.67. The first-order valence-corrected chi connectivity index (χ1v) is 27.5. The van der Waals surface area contributed by atoms with Crippen LogP contribution in [-0.2, 0) is 42.1 Å². The molecule has 0 spiro atoms. The number of aliphatic hydroxyl groups is 8. The van der Waals surface area contributed by atoms with Crippen LogP contribution in [0.2, 0.25) is 0 Å². The minimum absolute atomic E-state index is 0.0364. The van der Waals surface area contributed by atoms with Gasteiger partial charge in [0.1, 0.15) is 67.6 Å². The average Bonchev–Trinajstić information content (AvgIpc) is 3.32. The molecule has 1 aliphatic heterocycles. The van der Waals surface area contributed by atoms with Crippen LogP contribution in [0.4, 0.5) is 0 Å². The van der Waals surface area contributed by atoms with Crippen molar-refractivity contribution in [2.75, 3.05) is 19.8 Å². The van der Waals surface area contributed by atoms with E-state index in [4.69, 9.17) is 28.0 Å². The highest BCUT2D eigenvalue weighted by Gasteiger charge is 2.55. The minimum atomic E-state index is -5.37. The highest BCUT2D eigenvalue weighted by Crippen LogP contribution is 2.48. The molecule has 1 saturated carbocycles. The summed E-state index contributed by atoms with van der Waals surface area (Å²) >= 11 is 0. The molecule has 0 radical (unpaired) electrons. The molecule has 18 nitrogen and oxygen atoms in total. The van der Waals surface area contributed by atoms with E-state index in [1.165, 1.54) is 77.0 Å². The number of allylic oxidation sites excluding steroid dienone is 2. The van der Waals surface area contributed by atoms with Crippen LogP contribution in [0.25, 0.3) is 0 Å². The van der Waals surface area contributed by atoms with Gasteiger partial charge in [0, 0.05) is 12.8 Å². The summed E-state index contributed by atoms with van der Waals surface area (Å²) in [5.74, 6) is -1.21. The molecule has 13 atom stereocenters. The molecule has 0 amide bonds. The van der Waals surface area contributed by atoms with Gasteiger partial charge in [-0.25, -0.2) is 4.57 Å². The number of hydrogen-bond acceptors (Lipinski definition) is 17. The molecule has 2 rings (SSSR count). The number of unbranched alkanes of at least 4 members (excludes halogenated alkanes) is 23. The van der Waals surface area contributed by atoms with E-state index in [2.05, 4.69) is 26.0 Å². The second kappa shape index (κ2) is 37.2. The van der Waals surface area contributed by atoms with Crippen molar-refractivity contribution in [3.8, 4) is 0 Å². The predicted octanol–water partition coefficient (Wildman–Crippen LogP) is 6.10. The fraction of sp³-hybridized carbons (Fsp3) is 0.918. The first kappa shape index (κ1) is 62.5. The summed E-state index contributed by atoms with van der Waals surface area (Å²) < 4.78 is 45.5. The largest absolute Gasteiger partial charge is 0.472 e. The van der Waals surface area contributed by atoms with Gasteiger partial charge < -0.3 is 64.7 Å². The maximum Gasteiger partial charge on any atom is 0.472 e. The van der Waals surface area contributed by atoms with Crippen LogP contribution in [0.3, 0.4) is 0 Å². The van der Waals surface area contributed by atoms with Crippen LogP contribution < -0.4 is 0 Å². The maximum absolute atomic E-state index is 13.4. The van der Waals surface area contributed by atoms with Gasteiger partial charge in [0.2, 0.25) is 0 Å². The number of carbonyl (C=O) groups excluding carboxylic acids is 2. The SMILES string of the molecule is CCCCCC/C=C\CCCCCCCCCC(=O)OCC(COP(=O)(O)OC1C(O)C(O)C(O)C(O)C1OC1OC(CO)C(O)C(O)C1O)OC(=O)CCCCCCCCCCCCCCC. The quantitative estimate of drug-likeness (QED) is 0.0145. The average molecular weight is 999 g/mol. The fourth-order valence-electron chi connectivity index (χ4n) is 8.40. The van der Waals surface area contributed by atoms with E-state index in [1.54, 1.807) is 0 Å². The van der Waals surface area contributed by atoms with Crippen molar-refractivity contribution in [1.82, 2.24) is 0 Å². The molecule has 0 aromatic heterocycles. The summed E-state index contributed by atoms with van der Waals surface area (Å²) in [6.07, 6.45) is 10.0. The maximum atomic E-state index is 13.4. The molecule has 13 unspecified atom stereocenters. The molecule has 2 aliphatic rings. The third kappa shape index (κ3) is 25.7. The Balaban J connectivity index is 1.94. The Morgan fingerprint density at radius 1 is 0.544 bits per heavy atom. The number of phosphoric acid groups is 1. The number of phosphoric ester groups is 1. The van der Waals surface area contributed by atoms with Crippen LogP contribution >= 0.6 is 7.82 Å². The van der Waals surface area contributed by atoms with Gasteiger partial charge in [0.05, 0.1) is 13.2 Å². The Bertz CT molecular complexity index is 1370. The summed E-state index contributed by atoms with van der Waals surface area (Å²) in [5, 5.41) is 82.9. The normalized spacial score (nSPS) is 27.8. The van der Waals surface area contributed by atoms with E-state index in [9.17, 15) is 59.9 Å². The van der Waals surface area contributed by atoms with Crippen LogP contribution in [-0.4, -0.2) is 151 Å². The lowest BCUT2D eigenvalue weighted by Gasteiger charge is -2.47. The molecule has 0 aromatic rings.